The van der Waals surface area contributed by atoms with Crippen molar-refractivity contribution in [2.45, 2.75) is 43.9 Å². The molecule has 1 N–H and O–H groups in total. The zero-order valence-corrected chi connectivity index (χ0v) is 19.3. The summed E-state index contributed by atoms with van der Waals surface area (Å²) < 4.78 is 66.3. The van der Waals surface area contributed by atoms with E-state index in [1.165, 1.54) is 38.4 Å². The van der Waals surface area contributed by atoms with Crippen LogP contribution in [0.25, 0.3) is 11.0 Å². The number of benzene rings is 2. The van der Waals surface area contributed by atoms with Crippen molar-refractivity contribution < 1.29 is 26.4 Å². The van der Waals surface area contributed by atoms with Gasteiger partial charge in [-0.1, -0.05) is 12.1 Å². The van der Waals surface area contributed by atoms with Crippen LogP contribution in [0, 0.1) is 0 Å². The van der Waals surface area contributed by atoms with Crippen LogP contribution in [0.5, 0.6) is 0 Å². The molecule has 0 aliphatic rings. The Hall–Kier alpha value is -2.92. The molecule has 0 atom stereocenters. The van der Waals surface area contributed by atoms with Gasteiger partial charge >= 0.3 is 6.18 Å². The highest BCUT2D eigenvalue weighted by molar-refractivity contribution is 7.89. The van der Waals surface area contributed by atoms with Crippen molar-refractivity contribution in [3.63, 3.8) is 0 Å². The van der Waals surface area contributed by atoms with Gasteiger partial charge in [0.2, 0.25) is 15.9 Å². The number of fused-ring (bicyclic) bond motifs is 1. The average molecular weight is 483 g/mol. The summed E-state index contributed by atoms with van der Waals surface area (Å²) >= 11 is 0. The van der Waals surface area contributed by atoms with E-state index in [1.807, 2.05) is 11.5 Å². The van der Waals surface area contributed by atoms with E-state index < -0.39 is 21.8 Å². The van der Waals surface area contributed by atoms with Gasteiger partial charge in [-0.15, -0.1) is 0 Å². The molecule has 1 amide bonds. The fraction of sp³-hybridized carbons (Fsp3) is 0.364. The highest BCUT2D eigenvalue weighted by Gasteiger charge is 2.30. The highest BCUT2D eigenvalue weighted by atomic mass is 32.2. The zero-order valence-electron chi connectivity index (χ0n) is 18.5. The van der Waals surface area contributed by atoms with Gasteiger partial charge in [-0.25, -0.2) is 17.7 Å². The number of hydrogen-bond donors (Lipinski definition) is 1. The van der Waals surface area contributed by atoms with E-state index in [1.54, 1.807) is 6.07 Å². The van der Waals surface area contributed by atoms with Crippen molar-refractivity contribution >= 4 is 27.0 Å². The molecule has 3 rings (SSSR count). The number of amides is 1. The number of nitrogens with zero attached hydrogens (tertiary/aromatic N) is 3. The van der Waals surface area contributed by atoms with Crippen LogP contribution in [0.1, 0.15) is 30.3 Å². The standard InChI is InChI=1S/C22H25F3N4O3S/c1-4-29-19-9-8-17(33(31,32)28(2)3)13-18(19)27-20(29)10-11-21(30)26-14-15-6-5-7-16(12-15)22(23,24)25/h5-9,12-13H,4,10-11,14H2,1-3H3,(H,26,30). The third-order valence-electron chi connectivity index (χ3n) is 5.21. The van der Waals surface area contributed by atoms with E-state index in [0.717, 1.165) is 22.0 Å². The minimum atomic E-state index is -4.44. The second-order valence-corrected chi connectivity index (χ2v) is 9.84. The quantitative estimate of drug-likeness (QED) is 0.532. The Morgan fingerprint density at radius 2 is 1.88 bits per heavy atom. The average Bonchev–Trinajstić information content (AvgIpc) is 3.12. The van der Waals surface area contributed by atoms with Gasteiger partial charge in [0, 0.05) is 40.0 Å². The fourth-order valence-electron chi connectivity index (χ4n) is 3.45. The summed E-state index contributed by atoms with van der Waals surface area (Å²) in [5, 5.41) is 2.63. The molecule has 11 heteroatoms. The lowest BCUT2D eigenvalue weighted by molar-refractivity contribution is -0.137. The first kappa shape index (κ1) is 24.7. The van der Waals surface area contributed by atoms with Crippen molar-refractivity contribution in [1.82, 2.24) is 19.2 Å². The van der Waals surface area contributed by atoms with Crippen molar-refractivity contribution in [1.29, 1.82) is 0 Å². The smallest absolute Gasteiger partial charge is 0.352 e. The minimum Gasteiger partial charge on any atom is -0.352 e. The first-order valence-corrected chi connectivity index (χ1v) is 11.7. The Morgan fingerprint density at radius 3 is 2.52 bits per heavy atom. The van der Waals surface area contributed by atoms with Gasteiger partial charge in [0.25, 0.3) is 0 Å². The number of rotatable bonds is 8. The lowest BCUT2D eigenvalue weighted by atomic mass is 10.1. The molecular weight excluding hydrogens is 457 g/mol. The van der Waals surface area contributed by atoms with Crippen LogP contribution in [0.2, 0.25) is 0 Å². The largest absolute Gasteiger partial charge is 0.416 e. The molecule has 0 fully saturated rings. The predicted molar refractivity (Wildman–Crippen MR) is 118 cm³/mol. The number of carbonyl (C=O) groups is 1. The third-order valence-corrected chi connectivity index (χ3v) is 7.02. The van der Waals surface area contributed by atoms with Crippen molar-refractivity contribution in [2.24, 2.45) is 0 Å². The van der Waals surface area contributed by atoms with Crippen LogP contribution in [0.4, 0.5) is 13.2 Å². The number of carbonyl (C=O) groups excluding carboxylic acids is 1. The Bertz CT molecular complexity index is 1270. The van der Waals surface area contributed by atoms with Gasteiger partial charge in [-0.2, -0.15) is 13.2 Å². The monoisotopic (exact) mass is 482 g/mol. The summed E-state index contributed by atoms with van der Waals surface area (Å²) in [6.45, 7) is 2.49. The SMILES string of the molecule is CCn1c(CCC(=O)NCc2cccc(C(F)(F)F)c2)nc2cc(S(=O)(=O)N(C)C)ccc21. The number of aromatic nitrogens is 2. The van der Waals surface area contributed by atoms with E-state index in [-0.39, 0.29) is 23.8 Å². The molecule has 7 nitrogen and oxygen atoms in total. The summed E-state index contributed by atoms with van der Waals surface area (Å²) in [7, 11) is -0.697. The minimum absolute atomic E-state index is 0.0152. The molecule has 3 aromatic rings. The molecule has 0 aliphatic carbocycles. The summed E-state index contributed by atoms with van der Waals surface area (Å²) in [4.78, 5) is 16.9. The van der Waals surface area contributed by atoms with Crippen LogP contribution in [0.3, 0.4) is 0 Å². The number of alkyl halides is 3. The van der Waals surface area contributed by atoms with Crippen LogP contribution >= 0.6 is 0 Å². The molecule has 33 heavy (non-hydrogen) atoms. The van der Waals surface area contributed by atoms with E-state index >= 15 is 0 Å². The van der Waals surface area contributed by atoms with Crippen molar-refractivity contribution in [3.05, 3.63) is 59.4 Å². The molecule has 0 saturated heterocycles. The van der Waals surface area contributed by atoms with Gasteiger partial charge in [-0.3, -0.25) is 4.79 Å². The molecule has 1 aromatic heterocycles. The highest BCUT2D eigenvalue weighted by Crippen LogP contribution is 2.29. The molecule has 0 aliphatic heterocycles. The van der Waals surface area contributed by atoms with Crippen LogP contribution in [-0.4, -0.2) is 42.3 Å². The molecule has 0 radical (unpaired) electrons. The lowest BCUT2D eigenvalue weighted by Crippen LogP contribution is -2.23. The van der Waals surface area contributed by atoms with Gasteiger partial charge in [0.1, 0.15) is 5.82 Å². The Morgan fingerprint density at radius 1 is 1.15 bits per heavy atom. The Labute approximate surface area is 190 Å². The Kier molecular flexibility index (Phi) is 7.13. The maximum Gasteiger partial charge on any atom is 0.416 e. The number of imidazole rings is 1. The second kappa shape index (κ2) is 9.52. The molecule has 0 saturated carbocycles. The van der Waals surface area contributed by atoms with Gasteiger partial charge in [-0.05, 0) is 42.8 Å². The molecule has 178 valence electrons. The van der Waals surface area contributed by atoms with E-state index in [2.05, 4.69) is 10.3 Å². The molecule has 0 bridgehead atoms. The number of aryl methyl sites for hydroxylation is 2. The summed E-state index contributed by atoms with van der Waals surface area (Å²) in [6, 6.07) is 9.54. The van der Waals surface area contributed by atoms with Crippen LogP contribution < -0.4 is 5.32 Å². The lowest BCUT2D eigenvalue weighted by Gasteiger charge is -2.11. The van der Waals surface area contributed by atoms with Crippen molar-refractivity contribution in [3.8, 4) is 0 Å². The van der Waals surface area contributed by atoms with Crippen LogP contribution in [0.15, 0.2) is 47.4 Å². The topological polar surface area (TPSA) is 84.3 Å². The number of sulfonamides is 1. The second-order valence-electron chi connectivity index (χ2n) is 7.69. The van der Waals surface area contributed by atoms with E-state index in [0.29, 0.717) is 29.9 Å². The van der Waals surface area contributed by atoms with E-state index in [9.17, 15) is 26.4 Å². The maximum absolute atomic E-state index is 12.8. The number of hydrogen-bond acceptors (Lipinski definition) is 4. The normalized spacial score (nSPS) is 12.5. The molecule has 2 aromatic carbocycles. The number of nitrogens with one attached hydrogen (secondary N) is 1. The number of halogens is 3. The van der Waals surface area contributed by atoms with E-state index in [4.69, 9.17) is 0 Å². The molecule has 1 heterocycles. The zero-order chi connectivity index (χ0) is 24.4. The van der Waals surface area contributed by atoms with Gasteiger partial charge in [0.15, 0.2) is 0 Å². The fourth-order valence-corrected chi connectivity index (χ4v) is 4.37. The van der Waals surface area contributed by atoms with Crippen LogP contribution in [-0.2, 0) is 40.5 Å². The van der Waals surface area contributed by atoms with Gasteiger partial charge < -0.3 is 9.88 Å². The third kappa shape index (κ3) is 5.53. The maximum atomic E-state index is 12.8. The molecular formula is C22H25F3N4O3S. The molecule has 0 spiro atoms. The molecule has 0 unspecified atom stereocenters. The summed E-state index contributed by atoms with van der Waals surface area (Å²) in [5.41, 5.74) is 0.865. The first-order valence-electron chi connectivity index (χ1n) is 10.3. The first-order chi connectivity index (χ1) is 15.4. The Balaban J connectivity index is 1.70. The van der Waals surface area contributed by atoms with Crippen molar-refractivity contribution in [2.75, 3.05) is 14.1 Å². The summed E-state index contributed by atoms with van der Waals surface area (Å²) in [5.74, 6) is 0.305. The predicted octanol–water partition coefficient (Wildman–Crippen LogP) is 3.57. The van der Waals surface area contributed by atoms with Gasteiger partial charge in [0.05, 0.1) is 21.5 Å². The summed E-state index contributed by atoms with van der Waals surface area (Å²) in [6.07, 6.45) is -4.05.